The Kier molecular flexibility index (Phi) is 6.62. The van der Waals surface area contributed by atoms with Crippen LogP contribution in [-0.4, -0.2) is 23.5 Å². The van der Waals surface area contributed by atoms with Gasteiger partial charge in [-0.05, 0) is 44.5 Å². The smallest absolute Gasteiger partial charge is 0.124 e. The SMILES string of the molecule is CCOCc1cc(CNC(C)c2ccnn2CC)ccc1OC. The molecule has 0 aliphatic heterocycles. The minimum absolute atomic E-state index is 0.245. The largest absolute Gasteiger partial charge is 0.496 e. The van der Waals surface area contributed by atoms with Crippen LogP contribution >= 0.6 is 0 Å². The maximum absolute atomic E-state index is 5.52. The van der Waals surface area contributed by atoms with Crippen LogP contribution in [0.15, 0.2) is 30.5 Å². The molecule has 1 N–H and O–H groups in total. The summed E-state index contributed by atoms with van der Waals surface area (Å²) in [4.78, 5) is 0. The second-order valence-corrected chi connectivity index (χ2v) is 5.46. The van der Waals surface area contributed by atoms with Crippen LogP contribution in [0.5, 0.6) is 5.75 Å². The number of rotatable bonds is 9. The third-order valence-electron chi connectivity index (χ3n) is 3.91. The lowest BCUT2D eigenvalue weighted by atomic mass is 10.1. The predicted molar refractivity (Wildman–Crippen MR) is 91.5 cm³/mol. The van der Waals surface area contributed by atoms with E-state index in [1.165, 1.54) is 11.3 Å². The molecular formula is C18H27N3O2. The molecule has 0 saturated carbocycles. The van der Waals surface area contributed by atoms with Gasteiger partial charge < -0.3 is 14.8 Å². The number of aryl methyl sites for hydroxylation is 1. The molecule has 5 heteroatoms. The summed E-state index contributed by atoms with van der Waals surface area (Å²) in [7, 11) is 1.69. The first kappa shape index (κ1) is 17.5. The Morgan fingerprint density at radius 2 is 2.09 bits per heavy atom. The molecule has 0 aliphatic carbocycles. The first-order chi connectivity index (χ1) is 11.2. The van der Waals surface area contributed by atoms with E-state index in [2.05, 4.69) is 42.5 Å². The summed E-state index contributed by atoms with van der Waals surface area (Å²) in [5.41, 5.74) is 3.50. The summed E-state index contributed by atoms with van der Waals surface area (Å²) >= 11 is 0. The van der Waals surface area contributed by atoms with Crippen LogP contribution in [0.4, 0.5) is 0 Å². The molecule has 0 amide bonds. The van der Waals surface area contributed by atoms with Crippen LogP contribution in [0, 0.1) is 0 Å². The van der Waals surface area contributed by atoms with Crippen molar-refractivity contribution in [2.24, 2.45) is 0 Å². The highest BCUT2D eigenvalue weighted by Gasteiger charge is 2.11. The Morgan fingerprint density at radius 3 is 2.78 bits per heavy atom. The molecular weight excluding hydrogens is 290 g/mol. The lowest BCUT2D eigenvalue weighted by Gasteiger charge is -2.16. The molecule has 23 heavy (non-hydrogen) atoms. The molecule has 1 aromatic carbocycles. The third-order valence-corrected chi connectivity index (χ3v) is 3.91. The van der Waals surface area contributed by atoms with Gasteiger partial charge in [0.1, 0.15) is 5.75 Å². The van der Waals surface area contributed by atoms with E-state index in [0.29, 0.717) is 13.2 Å². The molecule has 1 unspecified atom stereocenters. The summed E-state index contributed by atoms with van der Waals surface area (Å²) in [5, 5.41) is 7.88. The van der Waals surface area contributed by atoms with Crippen molar-refractivity contribution in [3.8, 4) is 5.75 Å². The van der Waals surface area contributed by atoms with Crippen molar-refractivity contribution >= 4 is 0 Å². The summed E-state index contributed by atoms with van der Waals surface area (Å²) in [6.45, 7) is 9.21. The first-order valence-electron chi connectivity index (χ1n) is 8.18. The van der Waals surface area contributed by atoms with E-state index in [-0.39, 0.29) is 6.04 Å². The third kappa shape index (κ3) is 4.56. The Bertz CT molecular complexity index is 610. The van der Waals surface area contributed by atoms with Gasteiger partial charge in [-0.15, -0.1) is 0 Å². The van der Waals surface area contributed by atoms with Crippen LogP contribution in [0.25, 0.3) is 0 Å². The van der Waals surface area contributed by atoms with Crippen LogP contribution in [0.1, 0.15) is 43.6 Å². The lowest BCUT2D eigenvalue weighted by molar-refractivity contribution is 0.132. The first-order valence-corrected chi connectivity index (χ1v) is 8.18. The monoisotopic (exact) mass is 317 g/mol. The fraction of sp³-hybridized carbons (Fsp3) is 0.500. The van der Waals surface area contributed by atoms with Gasteiger partial charge in [-0.2, -0.15) is 5.10 Å². The highest BCUT2D eigenvalue weighted by atomic mass is 16.5. The van der Waals surface area contributed by atoms with Crippen LogP contribution in [-0.2, 0) is 24.4 Å². The molecule has 0 fully saturated rings. The van der Waals surface area contributed by atoms with Crippen molar-refractivity contribution in [1.82, 2.24) is 15.1 Å². The van der Waals surface area contributed by atoms with E-state index >= 15 is 0 Å². The summed E-state index contributed by atoms with van der Waals surface area (Å²) < 4.78 is 12.9. The number of ether oxygens (including phenoxy) is 2. The maximum Gasteiger partial charge on any atom is 0.124 e. The van der Waals surface area contributed by atoms with Crippen molar-refractivity contribution < 1.29 is 9.47 Å². The minimum Gasteiger partial charge on any atom is -0.496 e. The Labute approximate surface area is 138 Å². The highest BCUT2D eigenvalue weighted by Crippen LogP contribution is 2.21. The molecule has 0 aliphatic rings. The average molecular weight is 317 g/mol. The average Bonchev–Trinajstić information content (AvgIpc) is 3.06. The van der Waals surface area contributed by atoms with Gasteiger partial charge >= 0.3 is 0 Å². The molecule has 0 saturated heterocycles. The molecule has 2 rings (SSSR count). The maximum atomic E-state index is 5.52. The van der Waals surface area contributed by atoms with Gasteiger partial charge in [0, 0.05) is 37.5 Å². The molecule has 0 spiro atoms. The number of methoxy groups -OCH3 is 1. The van der Waals surface area contributed by atoms with Gasteiger partial charge in [0.2, 0.25) is 0 Å². The van der Waals surface area contributed by atoms with Crippen LogP contribution in [0.2, 0.25) is 0 Å². The van der Waals surface area contributed by atoms with Gasteiger partial charge in [0.25, 0.3) is 0 Å². The topological polar surface area (TPSA) is 48.3 Å². The van der Waals surface area contributed by atoms with E-state index in [1.807, 2.05) is 23.9 Å². The number of nitrogens with one attached hydrogen (secondary N) is 1. The fourth-order valence-corrected chi connectivity index (χ4v) is 2.62. The number of aromatic nitrogens is 2. The normalized spacial score (nSPS) is 12.3. The van der Waals surface area contributed by atoms with Gasteiger partial charge in [0.15, 0.2) is 0 Å². The zero-order valence-corrected chi connectivity index (χ0v) is 14.5. The van der Waals surface area contributed by atoms with E-state index in [1.54, 1.807) is 7.11 Å². The molecule has 0 radical (unpaired) electrons. The van der Waals surface area contributed by atoms with Crippen molar-refractivity contribution in [2.75, 3.05) is 13.7 Å². The molecule has 1 aromatic heterocycles. The van der Waals surface area contributed by atoms with Crippen molar-refractivity contribution in [3.63, 3.8) is 0 Å². The van der Waals surface area contributed by atoms with Crippen molar-refractivity contribution in [2.45, 2.75) is 46.5 Å². The highest BCUT2D eigenvalue weighted by molar-refractivity contribution is 5.37. The fourth-order valence-electron chi connectivity index (χ4n) is 2.62. The minimum atomic E-state index is 0.245. The van der Waals surface area contributed by atoms with E-state index in [4.69, 9.17) is 9.47 Å². The summed E-state index contributed by atoms with van der Waals surface area (Å²) in [6, 6.07) is 8.55. The quantitative estimate of drug-likeness (QED) is 0.771. The van der Waals surface area contributed by atoms with Crippen LogP contribution in [0.3, 0.4) is 0 Å². The number of nitrogens with zero attached hydrogens (tertiary/aromatic N) is 2. The lowest BCUT2D eigenvalue weighted by Crippen LogP contribution is -2.21. The zero-order valence-electron chi connectivity index (χ0n) is 14.5. The summed E-state index contributed by atoms with van der Waals surface area (Å²) in [6.07, 6.45) is 1.85. The van der Waals surface area contributed by atoms with Crippen molar-refractivity contribution in [1.29, 1.82) is 0 Å². The molecule has 5 nitrogen and oxygen atoms in total. The van der Waals surface area contributed by atoms with Crippen LogP contribution < -0.4 is 10.1 Å². The summed E-state index contributed by atoms with van der Waals surface area (Å²) in [5.74, 6) is 0.874. The molecule has 0 bridgehead atoms. The molecule has 126 valence electrons. The predicted octanol–water partition coefficient (Wildman–Crippen LogP) is 3.30. The van der Waals surface area contributed by atoms with Gasteiger partial charge in [-0.3, -0.25) is 4.68 Å². The van der Waals surface area contributed by atoms with Gasteiger partial charge in [0.05, 0.1) is 19.4 Å². The van der Waals surface area contributed by atoms with E-state index in [0.717, 1.165) is 24.4 Å². The van der Waals surface area contributed by atoms with E-state index in [9.17, 15) is 0 Å². The second-order valence-electron chi connectivity index (χ2n) is 5.46. The number of hydrogen-bond donors (Lipinski definition) is 1. The molecule has 1 atom stereocenters. The van der Waals surface area contributed by atoms with E-state index < -0.39 is 0 Å². The Balaban J connectivity index is 2.02. The van der Waals surface area contributed by atoms with Crippen molar-refractivity contribution in [3.05, 3.63) is 47.3 Å². The second kappa shape index (κ2) is 8.70. The molecule has 1 heterocycles. The Morgan fingerprint density at radius 1 is 1.26 bits per heavy atom. The zero-order chi connectivity index (χ0) is 16.7. The standard InChI is InChI=1S/C18H27N3O2/c1-5-21-17(9-10-20-21)14(3)19-12-15-7-8-18(22-4)16(11-15)13-23-6-2/h7-11,14,19H,5-6,12-13H2,1-4H3. The number of hydrogen-bond acceptors (Lipinski definition) is 4. The molecule has 2 aromatic rings. The van der Waals surface area contributed by atoms with Gasteiger partial charge in [-0.1, -0.05) is 6.07 Å². The van der Waals surface area contributed by atoms with Gasteiger partial charge in [-0.25, -0.2) is 0 Å². The Hall–Kier alpha value is -1.85. The number of benzene rings is 1.